The first-order valence-electron chi connectivity index (χ1n) is 5.80. The van der Waals surface area contributed by atoms with Crippen molar-refractivity contribution >= 4 is 27.5 Å². The van der Waals surface area contributed by atoms with Crippen molar-refractivity contribution in [2.45, 2.75) is 33.1 Å². The van der Waals surface area contributed by atoms with E-state index in [4.69, 9.17) is 5.11 Å². The number of hydrogen-bond donors (Lipinski definition) is 1. The lowest BCUT2D eigenvalue weighted by atomic mass is 9.99. The van der Waals surface area contributed by atoms with Gasteiger partial charge in [-0.15, -0.1) is 0 Å². The molecule has 0 fully saturated rings. The number of carbonyl (C=O) groups is 1. The minimum Gasteiger partial charge on any atom is -0.478 e. The smallest absolute Gasteiger partial charge is 0.328 e. The number of rotatable bonds is 5. The van der Waals surface area contributed by atoms with Crippen LogP contribution >= 0.6 is 15.9 Å². The minimum absolute atomic E-state index is 0.782. The molecule has 1 aromatic carbocycles. The number of carboxylic acid groups (broad SMARTS) is 1. The summed E-state index contributed by atoms with van der Waals surface area (Å²) in [5, 5.41) is 8.85. The highest BCUT2D eigenvalue weighted by atomic mass is 79.9. The van der Waals surface area contributed by atoms with Crippen molar-refractivity contribution in [1.82, 2.24) is 0 Å². The first-order chi connectivity index (χ1) is 8.08. The lowest BCUT2D eigenvalue weighted by Crippen LogP contribution is -1.94. The van der Waals surface area contributed by atoms with Gasteiger partial charge in [0.05, 0.1) is 0 Å². The highest BCUT2D eigenvalue weighted by Crippen LogP contribution is 2.26. The zero-order chi connectivity index (χ0) is 12.8. The molecule has 1 aromatic rings. The Morgan fingerprint density at radius 3 is 2.59 bits per heavy atom. The molecule has 0 saturated heterocycles. The third kappa shape index (κ3) is 4.00. The Morgan fingerprint density at radius 1 is 1.41 bits per heavy atom. The van der Waals surface area contributed by atoms with Gasteiger partial charge < -0.3 is 5.11 Å². The molecule has 0 aliphatic heterocycles. The van der Waals surface area contributed by atoms with Crippen LogP contribution in [0.2, 0.25) is 0 Å². The fraction of sp³-hybridized carbons (Fsp3) is 0.357. The summed E-state index contributed by atoms with van der Waals surface area (Å²) >= 11 is 3.52. The predicted octanol–water partition coefficient (Wildman–Crippen LogP) is 4.28. The van der Waals surface area contributed by atoms with E-state index < -0.39 is 5.97 Å². The van der Waals surface area contributed by atoms with Crippen LogP contribution < -0.4 is 0 Å². The first-order valence-corrected chi connectivity index (χ1v) is 6.60. The van der Waals surface area contributed by atoms with Crippen LogP contribution in [-0.2, 0) is 11.2 Å². The zero-order valence-electron chi connectivity index (χ0n) is 10.2. The topological polar surface area (TPSA) is 37.3 Å². The van der Waals surface area contributed by atoms with Crippen molar-refractivity contribution in [3.63, 3.8) is 0 Å². The minimum atomic E-state index is -0.885. The number of allylic oxidation sites excluding steroid dienone is 1. The van der Waals surface area contributed by atoms with Crippen LogP contribution in [0.4, 0.5) is 0 Å². The van der Waals surface area contributed by atoms with E-state index in [2.05, 4.69) is 22.9 Å². The quantitative estimate of drug-likeness (QED) is 0.824. The fourth-order valence-electron chi connectivity index (χ4n) is 1.75. The Morgan fingerprint density at radius 2 is 2.12 bits per heavy atom. The molecule has 1 rings (SSSR count). The summed E-state index contributed by atoms with van der Waals surface area (Å²) in [6.45, 7) is 4.14. The number of hydrogen-bond acceptors (Lipinski definition) is 1. The highest BCUT2D eigenvalue weighted by molar-refractivity contribution is 9.10. The van der Waals surface area contributed by atoms with E-state index in [9.17, 15) is 4.79 Å². The van der Waals surface area contributed by atoms with Gasteiger partial charge in [-0.05, 0) is 35.6 Å². The third-order valence-corrected chi connectivity index (χ3v) is 3.36. The summed E-state index contributed by atoms with van der Waals surface area (Å²) in [5.41, 5.74) is 3.10. The normalized spacial score (nSPS) is 11.6. The van der Waals surface area contributed by atoms with Gasteiger partial charge in [0.25, 0.3) is 0 Å². The maximum atomic E-state index is 10.8. The van der Waals surface area contributed by atoms with Crippen molar-refractivity contribution in [3.8, 4) is 0 Å². The molecule has 0 atom stereocenters. The molecule has 0 saturated carbocycles. The summed E-state index contributed by atoms with van der Waals surface area (Å²) in [4.78, 5) is 10.8. The second-order valence-electron chi connectivity index (χ2n) is 3.92. The molecule has 0 bridgehead atoms. The molecule has 0 spiro atoms. The molecular weight excluding hydrogens is 280 g/mol. The predicted molar refractivity (Wildman–Crippen MR) is 74.0 cm³/mol. The number of carboxylic acids is 1. The van der Waals surface area contributed by atoms with Crippen LogP contribution in [0.1, 0.15) is 37.8 Å². The van der Waals surface area contributed by atoms with Gasteiger partial charge in [-0.2, -0.15) is 0 Å². The van der Waals surface area contributed by atoms with Gasteiger partial charge in [0.15, 0.2) is 0 Å². The first kappa shape index (κ1) is 14.0. The second kappa shape index (κ2) is 6.60. The van der Waals surface area contributed by atoms with Crippen LogP contribution in [0.15, 0.2) is 28.7 Å². The van der Waals surface area contributed by atoms with Crippen LogP contribution in [0.3, 0.4) is 0 Å². The Labute approximate surface area is 110 Å². The molecule has 0 unspecified atom stereocenters. The molecule has 0 aliphatic carbocycles. The van der Waals surface area contributed by atoms with E-state index in [-0.39, 0.29) is 0 Å². The van der Waals surface area contributed by atoms with E-state index in [0.717, 1.165) is 34.9 Å². The number of halogens is 1. The van der Waals surface area contributed by atoms with Gasteiger partial charge in [-0.3, -0.25) is 0 Å². The molecule has 0 amide bonds. The van der Waals surface area contributed by atoms with Crippen LogP contribution in [-0.4, -0.2) is 11.1 Å². The molecular formula is C14H17BrO2. The van der Waals surface area contributed by atoms with Gasteiger partial charge in [0.2, 0.25) is 0 Å². The second-order valence-corrected chi connectivity index (χ2v) is 4.77. The molecule has 92 valence electrons. The summed E-state index contributed by atoms with van der Waals surface area (Å²) in [7, 11) is 0. The van der Waals surface area contributed by atoms with Crippen LogP contribution in [0, 0.1) is 0 Å². The standard InChI is InChI=1S/C14H17BrO2/c1-3-5-11(9-14(16)17)12-7-6-10(4-2)13(15)8-12/h6-9H,3-5H2,1-2H3,(H,16,17)/b11-9+. The maximum absolute atomic E-state index is 10.8. The average Bonchev–Trinajstić information content (AvgIpc) is 2.28. The average molecular weight is 297 g/mol. The van der Waals surface area contributed by atoms with Gasteiger partial charge in [-0.25, -0.2) is 4.79 Å². The molecule has 1 N–H and O–H groups in total. The Kier molecular flexibility index (Phi) is 5.42. The molecule has 2 nitrogen and oxygen atoms in total. The molecule has 0 aliphatic rings. The Bertz CT molecular complexity index is 436. The number of benzene rings is 1. The van der Waals surface area contributed by atoms with Gasteiger partial charge in [0.1, 0.15) is 0 Å². The van der Waals surface area contributed by atoms with Crippen molar-refractivity contribution < 1.29 is 9.90 Å². The summed E-state index contributed by atoms with van der Waals surface area (Å²) < 4.78 is 1.05. The fourth-order valence-corrected chi connectivity index (χ4v) is 2.41. The van der Waals surface area contributed by atoms with E-state index in [1.807, 2.05) is 25.1 Å². The Balaban J connectivity index is 3.11. The lowest BCUT2D eigenvalue weighted by molar-refractivity contribution is -0.131. The van der Waals surface area contributed by atoms with Crippen molar-refractivity contribution in [1.29, 1.82) is 0 Å². The summed E-state index contributed by atoms with van der Waals surface area (Å²) in [5.74, 6) is -0.885. The zero-order valence-corrected chi connectivity index (χ0v) is 11.8. The molecule has 0 aromatic heterocycles. The highest BCUT2D eigenvalue weighted by Gasteiger charge is 2.06. The van der Waals surface area contributed by atoms with Crippen LogP contribution in [0.25, 0.3) is 5.57 Å². The van der Waals surface area contributed by atoms with E-state index in [1.165, 1.54) is 11.6 Å². The van der Waals surface area contributed by atoms with Gasteiger partial charge in [-0.1, -0.05) is 48.3 Å². The molecule has 3 heteroatoms. The van der Waals surface area contributed by atoms with E-state index in [0.29, 0.717) is 0 Å². The molecule has 17 heavy (non-hydrogen) atoms. The van der Waals surface area contributed by atoms with Gasteiger partial charge >= 0.3 is 5.97 Å². The monoisotopic (exact) mass is 296 g/mol. The number of aryl methyl sites for hydroxylation is 1. The van der Waals surface area contributed by atoms with Crippen molar-refractivity contribution in [2.75, 3.05) is 0 Å². The van der Waals surface area contributed by atoms with Gasteiger partial charge in [0, 0.05) is 10.5 Å². The lowest BCUT2D eigenvalue weighted by Gasteiger charge is -2.08. The van der Waals surface area contributed by atoms with E-state index >= 15 is 0 Å². The summed E-state index contributed by atoms with van der Waals surface area (Å²) in [6, 6.07) is 6.04. The van der Waals surface area contributed by atoms with Crippen molar-refractivity contribution in [2.24, 2.45) is 0 Å². The van der Waals surface area contributed by atoms with Crippen LogP contribution in [0.5, 0.6) is 0 Å². The largest absolute Gasteiger partial charge is 0.478 e. The third-order valence-electron chi connectivity index (χ3n) is 2.62. The SMILES string of the molecule is CCC/C(=C\C(=O)O)c1ccc(CC)c(Br)c1. The summed E-state index contributed by atoms with van der Waals surface area (Å²) in [6.07, 6.45) is 3.99. The molecule has 0 heterocycles. The van der Waals surface area contributed by atoms with Crippen molar-refractivity contribution in [3.05, 3.63) is 39.9 Å². The maximum Gasteiger partial charge on any atom is 0.328 e. The number of aliphatic carboxylic acids is 1. The van der Waals surface area contributed by atoms with E-state index in [1.54, 1.807) is 0 Å². The Hall–Kier alpha value is -1.09. The molecule has 0 radical (unpaired) electrons.